The minimum absolute atomic E-state index is 0.618. The first kappa shape index (κ1) is 15.4. The third-order valence-corrected chi connectivity index (χ3v) is 3.37. The van der Waals surface area contributed by atoms with Gasteiger partial charge >= 0.3 is 6.18 Å². The van der Waals surface area contributed by atoms with Gasteiger partial charge in [0.05, 0.1) is 5.56 Å². The van der Waals surface area contributed by atoms with Crippen LogP contribution in [0.25, 0.3) is 11.1 Å². The first-order chi connectivity index (χ1) is 10.0. The second-order valence-corrected chi connectivity index (χ2v) is 4.95. The van der Waals surface area contributed by atoms with Gasteiger partial charge in [0.2, 0.25) is 0 Å². The summed E-state index contributed by atoms with van der Waals surface area (Å²) in [5, 5.41) is 0. The Labute approximate surface area is 122 Å². The molecule has 0 spiro atoms. The van der Waals surface area contributed by atoms with Crippen LogP contribution in [0.5, 0.6) is 0 Å². The molecule has 21 heavy (non-hydrogen) atoms. The van der Waals surface area contributed by atoms with Crippen LogP contribution in [-0.2, 0) is 12.6 Å². The zero-order chi connectivity index (χ0) is 15.3. The maximum absolute atomic E-state index is 12.5. The molecule has 2 aromatic rings. The van der Waals surface area contributed by atoms with Crippen molar-refractivity contribution in [3.05, 3.63) is 72.3 Å². The molecular formula is C18H17F3. The van der Waals surface area contributed by atoms with E-state index in [1.807, 2.05) is 30.3 Å². The monoisotopic (exact) mass is 290 g/mol. The summed E-state index contributed by atoms with van der Waals surface area (Å²) in [7, 11) is 0. The fraction of sp³-hybridized carbons (Fsp3) is 0.222. The van der Waals surface area contributed by atoms with E-state index in [0.717, 1.165) is 42.5 Å². The van der Waals surface area contributed by atoms with Crippen LogP contribution in [0, 0.1) is 0 Å². The van der Waals surface area contributed by atoms with Gasteiger partial charge in [-0.25, -0.2) is 0 Å². The molecule has 0 amide bonds. The first-order valence-corrected chi connectivity index (χ1v) is 6.88. The lowest BCUT2D eigenvalue weighted by molar-refractivity contribution is -0.137. The molecule has 0 heterocycles. The lowest BCUT2D eigenvalue weighted by Gasteiger charge is -2.08. The molecule has 0 saturated heterocycles. The van der Waals surface area contributed by atoms with Gasteiger partial charge in [0.15, 0.2) is 0 Å². The molecule has 0 N–H and O–H groups in total. The van der Waals surface area contributed by atoms with Crippen molar-refractivity contribution >= 4 is 0 Å². The highest BCUT2D eigenvalue weighted by molar-refractivity contribution is 5.64. The van der Waals surface area contributed by atoms with Gasteiger partial charge in [0, 0.05) is 0 Å². The van der Waals surface area contributed by atoms with Crippen molar-refractivity contribution < 1.29 is 13.2 Å². The van der Waals surface area contributed by atoms with Gasteiger partial charge in [0.1, 0.15) is 0 Å². The van der Waals surface area contributed by atoms with Gasteiger partial charge in [-0.05, 0) is 48.1 Å². The molecule has 0 nitrogen and oxygen atoms in total. The molecule has 2 aromatic carbocycles. The lowest BCUT2D eigenvalue weighted by atomic mass is 10.0. The molecule has 0 aromatic heterocycles. The summed E-state index contributed by atoms with van der Waals surface area (Å²) in [5.74, 6) is 0. The topological polar surface area (TPSA) is 0 Å². The highest BCUT2D eigenvalue weighted by Gasteiger charge is 2.29. The van der Waals surface area contributed by atoms with Crippen LogP contribution in [-0.4, -0.2) is 0 Å². The maximum atomic E-state index is 12.5. The maximum Gasteiger partial charge on any atom is 0.416 e. The minimum Gasteiger partial charge on any atom is -0.166 e. The summed E-state index contributed by atoms with van der Waals surface area (Å²) in [6.45, 7) is 3.69. The number of rotatable bonds is 5. The van der Waals surface area contributed by atoms with E-state index in [1.54, 1.807) is 0 Å². The van der Waals surface area contributed by atoms with E-state index in [9.17, 15) is 13.2 Å². The van der Waals surface area contributed by atoms with Gasteiger partial charge in [-0.1, -0.05) is 42.5 Å². The number of allylic oxidation sites excluding steroid dienone is 1. The molecule has 0 fully saturated rings. The predicted octanol–water partition coefficient (Wildman–Crippen LogP) is 5.88. The van der Waals surface area contributed by atoms with Gasteiger partial charge in [0.25, 0.3) is 0 Å². The standard InChI is InChI=1S/C18H17F3/c1-2-3-4-5-14-6-8-15(9-7-14)16-10-12-17(13-11-16)18(19,20)21/h2,6-13H,1,3-5H2. The van der Waals surface area contributed by atoms with E-state index in [-0.39, 0.29) is 0 Å². The van der Waals surface area contributed by atoms with Crippen LogP contribution in [0.3, 0.4) is 0 Å². The average Bonchev–Trinajstić information content (AvgIpc) is 2.48. The van der Waals surface area contributed by atoms with Crippen LogP contribution in [0.2, 0.25) is 0 Å². The zero-order valence-corrected chi connectivity index (χ0v) is 11.7. The van der Waals surface area contributed by atoms with E-state index >= 15 is 0 Å². The number of hydrogen-bond acceptors (Lipinski definition) is 0. The highest BCUT2D eigenvalue weighted by Crippen LogP contribution is 2.31. The van der Waals surface area contributed by atoms with E-state index in [0.29, 0.717) is 0 Å². The number of hydrogen-bond donors (Lipinski definition) is 0. The molecule has 110 valence electrons. The van der Waals surface area contributed by atoms with E-state index < -0.39 is 11.7 Å². The summed E-state index contributed by atoms with van der Waals surface area (Å²) >= 11 is 0. The Hall–Kier alpha value is -2.03. The predicted molar refractivity (Wildman–Crippen MR) is 80.0 cm³/mol. The molecule has 0 bridgehead atoms. The molecule has 0 saturated carbocycles. The van der Waals surface area contributed by atoms with Crippen molar-refractivity contribution in [1.82, 2.24) is 0 Å². The third kappa shape index (κ3) is 4.22. The van der Waals surface area contributed by atoms with E-state index in [1.165, 1.54) is 17.7 Å². The smallest absolute Gasteiger partial charge is 0.166 e. The Bertz CT molecular complexity index is 577. The van der Waals surface area contributed by atoms with Crippen LogP contribution >= 0.6 is 0 Å². The molecule has 0 aliphatic carbocycles. The lowest BCUT2D eigenvalue weighted by Crippen LogP contribution is -2.03. The second kappa shape index (κ2) is 6.61. The Balaban J connectivity index is 2.10. The molecule has 0 atom stereocenters. The third-order valence-electron chi connectivity index (χ3n) is 3.37. The van der Waals surface area contributed by atoms with Crippen LogP contribution in [0.15, 0.2) is 61.2 Å². The number of alkyl halides is 3. The number of halogens is 3. The highest BCUT2D eigenvalue weighted by atomic mass is 19.4. The minimum atomic E-state index is -4.28. The Morgan fingerprint density at radius 1 is 0.857 bits per heavy atom. The van der Waals surface area contributed by atoms with E-state index in [4.69, 9.17) is 0 Å². The van der Waals surface area contributed by atoms with Crippen LogP contribution in [0.4, 0.5) is 13.2 Å². The average molecular weight is 290 g/mol. The zero-order valence-electron chi connectivity index (χ0n) is 11.7. The number of aryl methyl sites for hydroxylation is 1. The SMILES string of the molecule is C=CCCCc1ccc(-c2ccc(C(F)(F)F)cc2)cc1. The first-order valence-electron chi connectivity index (χ1n) is 6.88. The fourth-order valence-corrected chi connectivity index (χ4v) is 2.17. The van der Waals surface area contributed by atoms with Crippen molar-refractivity contribution in [2.75, 3.05) is 0 Å². The summed E-state index contributed by atoms with van der Waals surface area (Å²) < 4.78 is 37.5. The van der Waals surface area contributed by atoms with Crippen molar-refractivity contribution in [3.8, 4) is 11.1 Å². The molecule has 0 aliphatic rings. The fourth-order valence-electron chi connectivity index (χ4n) is 2.17. The van der Waals surface area contributed by atoms with Crippen LogP contribution in [0.1, 0.15) is 24.0 Å². The summed E-state index contributed by atoms with van der Waals surface area (Å²) in [5.41, 5.74) is 2.33. The molecule has 3 heteroatoms. The van der Waals surface area contributed by atoms with Crippen molar-refractivity contribution in [2.24, 2.45) is 0 Å². The van der Waals surface area contributed by atoms with Gasteiger partial charge in [-0.3, -0.25) is 0 Å². The quantitative estimate of drug-likeness (QED) is 0.476. The van der Waals surface area contributed by atoms with Gasteiger partial charge in [-0.2, -0.15) is 13.2 Å². The largest absolute Gasteiger partial charge is 0.416 e. The number of unbranched alkanes of at least 4 members (excludes halogenated alkanes) is 1. The Kier molecular flexibility index (Phi) is 4.84. The molecular weight excluding hydrogens is 273 g/mol. The van der Waals surface area contributed by atoms with Gasteiger partial charge in [-0.15, -0.1) is 6.58 Å². The summed E-state index contributed by atoms with van der Waals surface area (Å²) in [6.07, 6.45) is 0.646. The molecule has 2 rings (SSSR count). The second-order valence-electron chi connectivity index (χ2n) is 4.95. The Morgan fingerprint density at radius 2 is 1.38 bits per heavy atom. The summed E-state index contributed by atoms with van der Waals surface area (Å²) in [4.78, 5) is 0. The molecule has 0 aliphatic heterocycles. The number of benzene rings is 2. The van der Waals surface area contributed by atoms with Crippen molar-refractivity contribution in [1.29, 1.82) is 0 Å². The summed E-state index contributed by atoms with van der Waals surface area (Å²) in [6, 6.07) is 13.2. The van der Waals surface area contributed by atoms with Crippen molar-refractivity contribution in [2.45, 2.75) is 25.4 Å². The normalized spacial score (nSPS) is 11.4. The van der Waals surface area contributed by atoms with E-state index in [2.05, 4.69) is 6.58 Å². The van der Waals surface area contributed by atoms with Gasteiger partial charge < -0.3 is 0 Å². The Morgan fingerprint density at radius 3 is 1.86 bits per heavy atom. The van der Waals surface area contributed by atoms with Crippen LogP contribution < -0.4 is 0 Å². The molecule has 0 unspecified atom stereocenters. The molecule has 0 radical (unpaired) electrons. The van der Waals surface area contributed by atoms with Crippen molar-refractivity contribution in [3.63, 3.8) is 0 Å².